The van der Waals surface area contributed by atoms with E-state index in [9.17, 15) is 13.5 Å². The monoisotopic (exact) mass is 354 g/mol. The van der Waals surface area contributed by atoms with Crippen LogP contribution in [0.3, 0.4) is 0 Å². The van der Waals surface area contributed by atoms with Crippen LogP contribution in [0.25, 0.3) is 0 Å². The first-order valence-electron chi connectivity index (χ1n) is 8.74. The first kappa shape index (κ1) is 19.4. The Hall–Kier alpha value is -0.950. The molecule has 24 heavy (non-hydrogen) atoms. The van der Waals surface area contributed by atoms with Gasteiger partial charge >= 0.3 is 0 Å². The third-order valence-corrected chi connectivity index (χ3v) is 6.95. The van der Waals surface area contributed by atoms with E-state index in [4.69, 9.17) is 0 Å². The Morgan fingerprint density at radius 2 is 2.00 bits per heavy atom. The highest BCUT2D eigenvalue weighted by atomic mass is 32.2. The van der Waals surface area contributed by atoms with Gasteiger partial charge in [-0.05, 0) is 62.9 Å². The molecule has 1 aliphatic heterocycles. The molecule has 2 rings (SSSR count). The predicted octanol–water partition coefficient (Wildman–Crippen LogP) is 2.31. The van der Waals surface area contributed by atoms with Gasteiger partial charge in [0.15, 0.2) is 0 Å². The summed E-state index contributed by atoms with van der Waals surface area (Å²) in [6.07, 6.45) is 3.28. The Bertz CT molecular complexity index is 625. The van der Waals surface area contributed by atoms with Crippen molar-refractivity contribution in [3.8, 4) is 0 Å². The molecule has 6 heteroatoms. The molecule has 1 aliphatic rings. The fourth-order valence-electron chi connectivity index (χ4n) is 3.12. The lowest BCUT2D eigenvalue weighted by Crippen LogP contribution is -2.41. The minimum Gasteiger partial charge on any atom is -0.392 e. The van der Waals surface area contributed by atoms with Crippen LogP contribution < -0.4 is 0 Å². The van der Waals surface area contributed by atoms with Crippen molar-refractivity contribution in [1.29, 1.82) is 0 Å². The molecule has 1 heterocycles. The van der Waals surface area contributed by atoms with Gasteiger partial charge in [0.05, 0.1) is 11.5 Å². The lowest BCUT2D eigenvalue weighted by molar-refractivity contribution is 0.138. The van der Waals surface area contributed by atoms with Gasteiger partial charge in [0, 0.05) is 19.6 Å². The highest BCUT2D eigenvalue weighted by Crippen LogP contribution is 2.20. The molecular formula is C18H30N2O3S. The number of hydrogen-bond acceptors (Lipinski definition) is 4. The van der Waals surface area contributed by atoms with Crippen LogP contribution in [0.1, 0.15) is 38.7 Å². The summed E-state index contributed by atoms with van der Waals surface area (Å²) in [5.41, 5.74) is 0.611. The van der Waals surface area contributed by atoms with E-state index in [0.717, 1.165) is 25.4 Å². The standard InChI is InChI=1S/C18H30N2O3S/c1-15-7-11-20(12-8-15)16(2)9-10-19(3)24(22,23)18-6-4-5-17(13-18)14-21/h4-6,13,15-16,21H,7-12,14H2,1-3H3. The summed E-state index contributed by atoms with van der Waals surface area (Å²) in [6, 6.07) is 6.91. The van der Waals surface area contributed by atoms with Gasteiger partial charge in [-0.2, -0.15) is 0 Å². The minimum absolute atomic E-state index is 0.155. The van der Waals surface area contributed by atoms with Gasteiger partial charge in [0.25, 0.3) is 0 Å². The molecular weight excluding hydrogens is 324 g/mol. The Morgan fingerprint density at radius 1 is 1.33 bits per heavy atom. The van der Waals surface area contributed by atoms with Gasteiger partial charge in [-0.25, -0.2) is 12.7 Å². The van der Waals surface area contributed by atoms with Crippen molar-refractivity contribution in [3.63, 3.8) is 0 Å². The SMILES string of the molecule is CC1CCN(C(C)CCN(C)S(=O)(=O)c2cccc(CO)c2)CC1. The van der Waals surface area contributed by atoms with E-state index < -0.39 is 10.0 Å². The van der Waals surface area contributed by atoms with Crippen LogP contribution in [-0.4, -0.2) is 55.5 Å². The van der Waals surface area contributed by atoms with Crippen molar-refractivity contribution in [2.24, 2.45) is 5.92 Å². The molecule has 0 bridgehead atoms. The predicted molar refractivity (Wildman–Crippen MR) is 96.2 cm³/mol. The number of likely N-dealkylation sites (tertiary alicyclic amines) is 1. The van der Waals surface area contributed by atoms with E-state index in [1.807, 2.05) is 0 Å². The summed E-state index contributed by atoms with van der Waals surface area (Å²) in [7, 11) is -1.87. The molecule has 1 atom stereocenters. The molecule has 0 amide bonds. The van der Waals surface area contributed by atoms with Crippen LogP contribution in [0, 0.1) is 5.92 Å². The maximum absolute atomic E-state index is 12.7. The van der Waals surface area contributed by atoms with E-state index in [2.05, 4.69) is 18.7 Å². The number of aliphatic hydroxyl groups is 1. The zero-order valence-electron chi connectivity index (χ0n) is 15.0. The van der Waals surface area contributed by atoms with E-state index in [1.165, 1.54) is 17.1 Å². The molecule has 5 nitrogen and oxygen atoms in total. The Morgan fingerprint density at radius 3 is 2.62 bits per heavy atom. The van der Waals surface area contributed by atoms with Crippen molar-refractivity contribution in [1.82, 2.24) is 9.21 Å². The summed E-state index contributed by atoms with van der Waals surface area (Å²) in [5, 5.41) is 9.19. The fraction of sp³-hybridized carbons (Fsp3) is 0.667. The second kappa shape index (κ2) is 8.43. The molecule has 0 aromatic heterocycles. The summed E-state index contributed by atoms with van der Waals surface area (Å²) in [4.78, 5) is 2.71. The second-order valence-electron chi connectivity index (χ2n) is 6.99. The number of aliphatic hydroxyl groups excluding tert-OH is 1. The molecule has 1 N–H and O–H groups in total. The zero-order valence-corrected chi connectivity index (χ0v) is 15.8. The largest absolute Gasteiger partial charge is 0.392 e. The lowest BCUT2D eigenvalue weighted by Gasteiger charge is -2.35. The van der Waals surface area contributed by atoms with Gasteiger partial charge in [-0.1, -0.05) is 19.1 Å². The minimum atomic E-state index is -3.50. The third-order valence-electron chi connectivity index (χ3n) is 5.09. The van der Waals surface area contributed by atoms with Gasteiger partial charge < -0.3 is 10.0 Å². The van der Waals surface area contributed by atoms with E-state index in [0.29, 0.717) is 18.2 Å². The molecule has 1 aromatic rings. The average Bonchev–Trinajstić information content (AvgIpc) is 2.59. The maximum Gasteiger partial charge on any atom is 0.242 e. The molecule has 0 radical (unpaired) electrons. The van der Waals surface area contributed by atoms with Crippen LogP contribution in [0.2, 0.25) is 0 Å². The zero-order chi connectivity index (χ0) is 17.7. The number of piperidine rings is 1. The second-order valence-corrected chi connectivity index (χ2v) is 9.03. The van der Waals surface area contributed by atoms with Crippen molar-refractivity contribution in [2.75, 3.05) is 26.7 Å². The van der Waals surface area contributed by atoms with Crippen LogP contribution in [0.4, 0.5) is 0 Å². The lowest BCUT2D eigenvalue weighted by atomic mass is 9.97. The van der Waals surface area contributed by atoms with Crippen LogP contribution in [-0.2, 0) is 16.6 Å². The molecule has 1 fully saturated rings. The molecule has 1 aromatic carbocycles. The Kier molecular flexibility index (Phi) is 6.80. The molecule has 136 valence electrons. The van der Waals surface area contributed by atoms with Crippen molar-refractivity contribution >= 4 is 10.0 Å². The Balaban J connectivity index is 1.94. The van der Waals surface area contributed by atoms with Gasteiger partial charge in [0.1, 0.15) is 0 Å². The molecule has 0 aliphatic carbocycles. The number of nitrogens with zero attached hydrogens (tertiary/aromatic N) is 2. The summed E-state index contributed by atoms with van der Waals surface area (Å²) >= 11 is 0. The first-order valence-corrected chi connectivity index (χ1v) is 10.2. The summed E-state index contributed by atoms with van der Waals surface area (Å²) in [5.74, 6) is 0.801. The fourth-order valence-corrected chi connectivity index (χ4v) is 4.38. The van der Waals surface area contributed by atoms with Crippen LogP contribution in [0.5, 0.6) is 0 Å². The topological polar surface area (TPSA) is 60.9 Å². The van der Waals surface area contributed by atoms with E-state index in [1.54, 1.807) is 31.3 Å². The quantitative estimate of drug-likeness (QED) is 0.816. The normalized spacial score (nSPS) is 18.9. The number of hydrogen-bond donors (Lipinski definition) is 1. The number of rotatable bonds is 7. The van der Waals surface area contributed by atoms with E-state index >= 15 is 0 Å². The highest BCUT2D eigenvalue weighted by Gasteiger charge is 2.24. The molecule has 0 saturated carbocycles. The number of benzene rings is 1. The van der Waals surface area contributed by atoms with Crippen molar-refractivity contribution in [3.05, 3.63) is 29.8 Å². The van der Waals surface area contributed by atoms with Crippen LogP contribution >= 0.6 is 0 Å². The average molecular weight is 355 g/mol. The molecule has 1 saturated heterocycles. The van der Waals surface area contributed by atoms with Crippen LogP contribution in [0.15, 0.2) is 29.2 Å². The first-order chi connectivity index (χ1) is 11.3. The van der Waals surface area contributed by atoms with E-state index in [-0.39, 0.29) is 11.5 Å². The Labute approximate surface area is 146 Å². The van der Waals surface area contributed by atoms with Gasteiger partial charge in [-0.3, -0.25) is 0 Å². The van der Waals surface area contributed by atoms with Crippen molar-refractivity contribution in [2.45, 2.75) is 50.7 Å². The smallest absolute Gasteiger partial charge is 0.242 e. The maximum atomic E-state index is 12.7. The third kappa shape index (κ3) is 4.79. The summed E-state index contributed by atoms with van der Waals surface area (Å²) < 4.78 is 26.7. The van der Waals surface area contributed by atoms with Crippen molar-refractivity contribution < 1.29 is 13.5 Å². The summed E-state index contributed by atoms with van der Waals surface area (Å²) in [6.45, 7) is 7.04. The molecule has 0 spiro atoms. The molecule has 1 unspecified atom stereocenters. The number of sulfonamides is 1. The van der Waals surface area contributed by atoms with Gasteiger partial charge in [0.2, 0.25) is 10.0 Å². The van der Waals surface area contributed by atoms with Gasteiger partial charge in [-0.15, -0.1) is 0 Å². The highest BCUT2D eigenvalue weighted by molar-refractivity contribution is 7.89.